The average Bonchev–Trinajstić information content (AvgIpc) is 3.14. The monoisotopic (exact) mass is 830 g/mol. The lowest BCUT2D eigenvalue weighted by Crippen LogP contribution is -2.71. The lowest BCUT2D eigenvalue weighted by Gasteiger charge is -2.50. The van der Waals surface area contributed by atoms with E-state index in [1.807, 2.05) is 0 Å². The van der Waals surface area contributed by atoms with E-state index in [-0.39, 0.29) is 0 Å². The average molecular weight is 831 g/mol. The van der Waals surface area contributed by atoms with Gasteiger partial charge in [-0.15, -0.1) is 0 Å². The summed E-state index contributed by atoms with van der Waals surface area (Å²) < 4.78 is 45.5. The van der Waals surface area contributed by atoms with E-state index in [1.54, 1.807) is 0 Å². The minimum atomic E-state index is -1.88. The maximum Gasteiger partial charge on any atom is 0.302 e. The van der Waals surface area contributed by atoms with Crippen LogP contribution in [0.5, 0.6) is 0 Å². The van der Waals surface area contributed by atoms with E-state index < -0.39 is 173 Å². The number of hydrogen-bond donors (Lipinski definition) is 13. The number of nitrogens with one attached hydrogen (secondary N) is 3. The van der Waals surface area contributed by atoms with Crippen molar-refractivity contribution in [3.05, 3.63) is 0 Å². The normalized spacial score (nSPS) is 43.8. The predicted molar refractivity (Wildman–Crippen MR) is 180 cm³/mol. The molecule has 3 amide bonds. The van der Waals surface area contributed by atoms with Crippen molar-refractivity contribution in [1.29, 1.82) is 0 Å². The number of nitrogens with two attached hydrogens (primary N) is 1. The number of amides is 3. The van der Waals surface area contributed by atoms with Gasteiger partial charge in [0.2, 0.25) is 17.7 Å². The van der Waals surface area contributed by atoms with Gasteiger partial charge in [-0.1, -0.05) is 0 Å². The Balaban J connectivity index is 1.58. The second-order valence-electron chi connectivity index (χ2n) is 14.1. The highest BCUT2D eigenvalue weighted by molar-refractivity contribution is 5.74. The topological polar surface area (TPSA) is 386 Å². The fourth-order valence-corrected chi connectivity index (χ4v) is 7.00. The molecule has 0 aromatic carbocycles. The van der Waals surface area contributed by atoms with E-state index in [0.29, 0.717) is 0 Å². The first-order valence-electron chi connectivity index (χ1n) is 18.0. The number of hydrogen-bond acceptors (Lipinski definition) is 22. The number of carbonyl (C=O) groups excluding carboxylic acids is 4. The molecule has 0 saturated carbocycles. The van der Waals surface area contributed by atoms with Crippen molar-refractivity contribution in [2.75, 3.05) is 26.4 Å². The highest BCUT2D eigenvalue weighted by Crippen LogP contribution is 2.34. The summed E-state index contributed by atoms with van der Waals surface area (Å²) in [5.41, 5.74) is 6.05. The van der Waals surface area contributed by atoms with Gasteiger partial charge in [0.25, 0.3) is 0 Å². The van der Waals surface area contributed by atoms with Crippen LogP contribution in [0.25, 0.3) is 0 Å². The van der Waals surface area contributed by atoms with Gasteiger partial charge in [-0.2, -0.15) is 0 Å². The molecule has 0 aromatic rings. The van der Waals surface area contributed by atoms with Crippen molar-refractivity contribution in [2.24, 2.45) is 5.73 Å². The summed E-state index contributed by atoms with van der Waals surface area (Å²) in [6, 6.07) is -6.08. The Hall–Kier alpha value is -2.80. The molecule has 0 radical (unpaired) electrons. The number of esters is 1. The van der Waals surface area contributed by atoms with E-state index in [0.717, 1.165) is 27.7 Å². The Morgan fingerprint density at radius 3 is 1.30 bits per heavy atom. The second kappa shape index (κ2) is 20.4. The van der Waals surface area contributed by atoms with Crippen LogP contribution in [0.1, 0.15) is 27.7 Å². The maximum atomic E-state index is 12.4. The molecule has 328 valence electrons. The highest BCUT2D eigenvalue weighted by Gasteiger charge is 2.56. The number of carbonyl (C=O) groups is 4. The summed E-state index contributed by atoms with van der Waals surface area (Å²) >= 11 is 0. The van der Waals surface area contributed by atoms with Gasteiger partial charge in [0.1, 0.15) is 98.0 Å². The molecule has 4 heterocycles. The smallest absolute Gasteiger partial charge is 0.302 e. The van der Waals surface area contributed by atoms with Crippen molar-refractivity contribution >= 4 is 23.7 Å². The Morgan fingerprint density at radius 2 is 0.895 bits per heavy atom. The Morgan fingerprint density at radius 1 is 0.526 bits per heavy atom. The van der Waals surface area contributed by atoms with E-state index in [4.69, 9.17) is 43.6 Å². The third-order valence-corrected chi connectivity index (χ3v) is 9.76. The SMILES string of the molecule is CC(=O)N[C@H]1[C@H](O[C@H]2[C@H](O)[C@@H](NC(C)=O)[C@H](O[C@H]3[C@H](O)[C@@H](NC(C)=O)C(O)O[C@@H]3CO)O[C@@H]2CO)O[C@H](CO)[C@@H](O[C@@H]2O[C@H](COC(C)=O)[C@@H](O)[C@H](O)[C@H]2N)[C@@H]1O. The van der Waals surface area contributed by atoms with E-state index >= 15 is 0 Å². The molecule has 4 saturated heterocycles. The first kappa shape index (κ1) is 46.9. The lowest BCUT2D eigenvalue weighted by atomic mass is 9.93. The third-order valence-electron chi connectivity index (χ3n) is 9.76. The van der Waals surface area contributed by atoms with Crippen LogP contribution in [0, 0.1) is 0 Å². The van der Waals surface area contributed by atoms with Gasteiger partial charge in [0.05, 0.1) is 25.9 Å². The standard InChI is InChI=1S/C32H54N4O21/c1-9(40)34-18-23(46)26(13(5-37)51-29(18)49)56-31-20(36-11(3)42)25(48)28(15(7-39)53-31)57-32-19(35-10(2)41)24(47)27(14(6-38)52-32)55-30-17(33)22(45)21(44)16(54-30)8-50-12(4)43/h13-32,37-39,44-49H,5-8,33H2,1-4H3,(H,34,40)(H,35,41)(H,36,42)/t13-,14-,15-,16-,17-,18-,19-,20-,21-,22-,23-,24-,25-,26-,27-,28-,29?,30+,31+,32+/m1/s1. The van der Waals surface area contributed by atoms with Gasteiger partial charge in [-0.3, -0.25) is 19.2 Å². The summed E-state index contributed by atoms with van der Waals surface area (Å²) in [5, 5.41) is 104. The number of ether oxygens (including phenoxy) is 8. The minimum absolute atomic E-state index is 0.515. The first-order valence-corrected chi connectivity index (χ1v) is 18.0. The van der Waals surface area contributed by atoms with Gasteiger partial charge >= 0.3 is 5.97 Å². The molecular formula is C32H54N4O21. The molecular weight excluding hydrogens is 776 g/mol. The first-order chi connectivity index (χ1) is 26.8. The summed E-state index contributed by atoms with van der Waals surface area (Å²) in [5.74, 6) is -2.85. The van der Waals surface area contributed by atoms with E-state index in [2.05, 4.69) is 16.0 Å². The quantitative estimate of drug-likeness (QED) is 0.0723. The molecule has 4 fully saturated rings. The van der Waals surface area contributed by atoms with Gasteiger partial charge in [-0.05, 0) is 0 Å². The molecule has 0 spiro atoms. The summed E-state index contributed by atoms with van der Waals surface area (Å²) in [4.78, 5) is 47.8. The Bertz CT molecular complexity index is 1370. The molecule has 4 aliphatic rings. The fraction of sp³-hybridized carbons (Fsp3) is 0.875. The molecule has 0 bridgehead atoms. The van der Waals surface area contributed by atoms with Gasteiger partial charge in [-0.25, -0.2) is 0 Å². The molecule has 0 aromatic heterocycles. The second-order valence-corrected chi connectivity index (χ2v) is 14.1. The van der Waals surface area contributed by atoms with Crippen molar-refractivity contribution in [1.82, 2.24) is 16.0 Å². The molecule has 1 unspecified atom stereocenters. The number of aliphatic hydroxyl groups is 9. The zero-order chi connectivity index (χ0) is 42.5. The van der Waals surface area contributed by atoms with Crippen LogP contribution < -0.4 is 21.7 Å². The van der Waals surface area contributed by atoms with E-state index in [9.17, 15) is 65.1 Å². The summed E-state index contributed by atoms with van der Waals surface area (Å²) in [6.45, 7) is 1.23. The van der Waals surface area contributed by atoms with Crippen molar-refractivity contribution in [3.8, 4) is 0 Å². The number of rotatable bonds is 14. The van der Waals surface area contributed by atoms with Crippen LogP contribution in [-0.4, -0.2) is 219 Å². The maximum absolute atomic E-state index is 12.4. The predicted octanol–water partition coefficient (Wildman–Crippen LogP) is -8.78. The van der Waals surface area contributed by atoms with Gasteiger partial charge in [0.15, 0.2) is 25.2 Å². The summed E-state index contributed by atoms with van der Waals surface area (Å²) in [7, 11) is 0. The van der Waals surface area contributed by atoms with Crippen molar-refractivity contribution in [2.45, 2.75) is 150 Å². The Labute approximate surface area is 325 Å². The zero-order valence-electron chi connectivity index (χ0n) is 31.4. The van der Waals surface area contributed by atoms with Gasteiger partial charge in [0, 0.05) is 27.7 Å². The highest BCUT2D eigenvalue weighted by atomic mass is 16.8. The molecule has 4 aliphatic heterocycles. The molecule has 25 heteroatoms. The fourth-order valence-electron chi connectivity index (χ4n) is 7.00. The molecule has 0 aliphatic carbocycles. The van der Waals surface area contributed by atoms with Crippen molar-refractivity contribution in [3.63, 3.8) is 0 Å². The van der Waals surface area contributed by atoms with Gasteiger partial charge < -0.3 is 106 Å². The molecule has 4 rings (SSSR count). The molecule has 57 heavy (non-hydrogen) atoms. The van der Waals surface area contributed by atoms with Crippen LogP contribution in [-0.2, 0) is 57.1 Å². The number of aliphatic hydroxyl groups excluding tert-OH is 9. The van der Waals surface area contributed by atoms with Crippen molar-refractivity contribution < 1.29 is 103 Å². The minimum Gasteiger partial charge on any atom is -0.463 e. The van der Waals surface area contributed by atoms with Crippen LogP contribution in [0.15, 0.2) is 0 Å². The molecule has 25 nitrogen and oxygen atoms in total. The third kappa shape index (κ3) is 11.1. The van der Waals surface area contributed by atoms with Crippen LogP contribution in [0.2, 0.25) is 0 Å². The van der Waals surface area contributed by atoms with E-state index in [1.165, 1.54) is 0 Å². The lowest BCUT2D eigenvalue weighted by molar-refractivity contribution is -0.361. The zero-order valence-corrected chi connectivity index (χ0v) is 31.4. The van der Waals surface area contributed by atoms with Crippen LogP contribution in [0.3, 0.4) is 0 Å². The molecule has 14 N–H and O–H groups in total. The Kier molecular flexibility index (Phi) is 16.8. The molecule has 20 atom stereocenters. The summed E-state index contributed by atoms with van der Waals surface area (Å²) in [6.07, 6.45) is -26.4. The van der Waals surface area contributed by atoms with Crippen LogP contribution >= 0.6 is 0 Å². The largest absolute Gasteiger partial charge is 0.463 e. The van der Waals surface area contributed by atoms with Crippen LogP contribution in [0.4, 0.5) is 0 Å².